The number of rotatable bonds is 0. The second-order valence-corrected chi connectivity index (χ2v) is 6.59. The Balaban J connectivity index is 2.26. The van der Waals surface area contributed by atoms with Crippen molar-refractivity contribution in [2.24, 2.45) is 5.41 Å². The fraction of sp³-hybridized carbons (Fsp3) is 1.00. The van der Waals surface area contributed by atoms with Crippen molar-refractivity contribution in [1.82, 2.24) is 0 Å². The summed E-state index contributed by atoms with van der Waals surface area (Å²) in [6, 6.07) is 0. The molecule has 2 aliphatic heterocycles. The second-order valence-electron chi connectivity index (χ2n) is 6.59. The molecule has 3 nitrogen and oxygen atoms in total. The lowest BCUT2D eigenvalue weighted by Crippen LogP contribution is -2.57. The minimum atomic E-state index is -1.10. The Labute approximate surface area is 97.8 Å². The van der Waals surface area contributed by atoms with Gasteiger partial charge in [-0.15, -0.1) is 0 Å². The van der Waals surface area contributed by atoms with E-state index in [4.69, 9.17) is 4.74 Å². The van der Waals surface area contributed by atoms with Crippen LogP contribution in [0.3, 0.4) is 0 Å². The van der Waals surface area contributed by atoms with E-state index in [1.165, 1.54) is 0 Å². The van der Waals surface area contributed by atoms with Gasteiger partial charge in [-0.3, -0.25) is 0 Å². The first-order chi connectivity index (χ1) is 7.24. The lowest BCUT2D eigenvalue weighted by Gasteiger charge is -2.50. The molecule has 0 aromatic heterocycles. The van der Waals surface area contributed by atoms with Gasteiger partial charge >= 0.3 is 0 Å². The van der Waals surface area contributed by atoms with Gasteiger partial charge in [0, 0.05) is 19.3 Å². The molecular formula is C13H24O3. The van der Waals surface area contributed by atoms with Crippen LogP contribution in [-0.2, 0) is 4.74 Å². The molecule has 0 saturated carbocycles. The van der Waals surface area contributed by atoms with Gasteiger partial charge in [-0.05, 0) is 18.3 Å². The van der Waals surface area contributed by atoms with Crippen molar-refractivity contribution in [3.05, 3.63) is 0 Å². The maximum atomic E-state index is 10.8. The van der Waals surface area contributed by atoms with E-state index < -0.39 is 11.4 Å². The minimum absolute atomic E-state index is 0.0190. The van der Waals surface area contributed by atoms with Crippen LogP contribution in [-0.4, -0.2) is 27.7 Å². The van der Waals surface area contributed by atoms with Crippen LogP contribution >= 0.6 is 0 Å². The minimum Gasteiger partial charge on any atom is -0.389 e. The predicted octanol–water partition coefficient (Wildman–Crippen LogP) is 2.21. The van der Waals surface area contributed by atoms with Crippen molar-refractivity contribution < 1.29 is 14.9 Å². The highest BCUT2D eigenvalue weighted by molar-refractivity contribution is 5.00. The molecular weight excluding hydrogens is 204 g/mol. The highest BCUT2D eigenvalue weighted by Gasteiger charge is 2.53. The van der Waals surface area contributed by atoms with Crippen molar-refractivity contribution >= 4 is 0 Å². The highest BCUT2D eigenvalue weighted by Crippen LogP contribution is 2.48. The van der Waals surface area contributed by atoms with E-state index in [1.54, 1.807) is 0 Å². The van der Waals surface area contributed by atoms with Crippen LogP contribution in [0.1, 0.15) is 59.3 Å². The van der Waals surface area contributed by atoms with E-state index >= 15 is 0 Å². The van der Waals surface area contributed by atoms with Crippen molar-refractivity contribution in [2.75, 3.05) is 0 Å². The molecule has 0 spiro atoms. The van der Waals surface area contributed by atoms with E-state index in [2.05, 4.69) is 0 Å². The Morgan fingerprint density at radius 3 is 2.50 bits per heavy atom. The highest BCUT2D eigenvalue weighted by atomic mass is 16.6. The van der Waals surface area contributed by atoms with Crippen molar-refractivity contribution in [3.8, 4) is 0 Å². The Hall–Kier alpha value is -0.120. The Morgan fingerprint density at radius 1 is 1.19 bits per heavy atom. The third kappa shape index (κ3) is 2.13. The average Bonchev–Trinajstić information content (AvgIpc) is 2.21. The Kier molecular flexibility index (Phi) is 2.84. The number of fused-ring (bicyclic) bond motifs is 2. The number of aliphatic hydroxyl groups is 2. The van der Waals surface area contributed by atoms with Gasteiger partial charge in [0.25, 0.3) is 0 Å². The number of ether oxygens (including phenoxy) is 1. The summed E-state index contributed by atoms with van der Waals surface area (Å²) in [4.78, 5) is 0. The largest absolute Gasteiger partial charge is 0.389 e. The quantitative estimate of drug-likeness (QED) is 0.668. The van der Waals surface area contributed by atoms with Crippen LogP contribution in [0.5, 0.6) is 0 Å². The standard InChI is InChI=1S/C13H24O3/c1-11(2,3)12(14)8-10-6-4-5-7-13(15,9-12)16-10/h10,14-15H,4-9H2,1-3H3/t10-,12-,13+/m0/s1. The monoisotopic (exact) mass is 228 g/mol. The normalized spacial score (nSPS) is 45.2. The third-order valence-corrected chi connectivity index (χ3v) is 4.26. The molecule has 2 N–H and O–H groups in total. The molecule has 0 aromatic carbocycles. The molecule has 0 aromatic rings. The van der Waals surface area contributed by atoms with Gasteiger partial charge in [0.15, 0.2) is 5.79 Å². The van der Waals surface area contributed by atoms with Gasteiger partial charge in [-0.1, -0.05) is 27.2 Å². The van der Waals surface area contributed by atoms with Crippen LogP contribution in [0.25, 0.3) is 0 Å². The number of hydrogen-bond acceptors (Lipinski definition) is 3. The zero-order chi connectivity index (χ0) is 12.0. The Bertz CT molecular complexity index is 271. The lowest BCUT2D eigenvalue weighted by atomic mass is 9.68. The van der Waals surface area contributed by atoms with Gasteiger partial charge in [0.05, 0.1) is 11.7 Å². The molecule has 2 aliphatic rings. The summed E-state index contributed by atoms with van der Waals surface area (Å²) in [5, 5.41) is 21.2. The van der Waals surface area contributed by atoms with Crippen LogP contribution in [0.2, 0.25) is 0 Å². The summed E-state index contributed by atoms with van der Waals surface area (Å²) in [6.07, 6.45) is 4.72. The molecule has 0 amide bonds. The maximum absolute atomic E-state index is 10.8. The fourth-order valence-corrected chi connectivity index (χ4v) is 2.95. The third-order valence-electron chi connectivity index (χ3n) is 4.26. The molecule has 2 rings (SSSR count). The summed E-state index contributed by atoms with van der Waals surface area (Å²) in [5.74, 6) is -1.10. The van der Waals surface area contributed by atoms with Gasteiger partial charge < -0.3 is 14.9 Å². The van der Waals surface area contributed by atoms with Crippen LogP contribution in [0.4, 0.5) is 0 Å². The van der Waals surface area contributed by atoms with Crippen molar-refractivity contribution in [3.63, 3.8) is 0 Å². The molecule has 2 fully saturated rings. The first-order valence-corrected chi connectivity index (χ1v) is 6.37. The molecule has 3 heteroatoms. The molecule has 2 saturated heterocycles. The molecule has 16 heavy (non-hydrogen) atoms. The summed E-state index contributed by atoms with van der Waals surface area (Å²) in [5.41, 5.74) is -1.03. The lowest BCUT2D eigenvalue weighted by molar-refractivity contribution is -0.305. The van der Waals surface area contributed by atoms with Crippen molar-refractivity contribution in [1.29, 1.82) is 0 Å². The summed E-state index contributed by atoms with van der Waals surface area (Å²) in [7, 11) is 0. The van der Waals surface area contributed by atoms with Crippen LogP contribution < -0.4 is 0 Å². The molecule has 0 aliphatic carbocycles. The summed E-state index contributed by atoms with van der Waals surface area (Å²) >= 11 is 0. The molecule has 3 atom stereocenters. The molecule has 2 heterocycles. The molecule has 0 radical (unpaired) electrons. The SMILES string of the molecule is CC(C)(C)[C@]1(O)C[C@@H]2CCCC[C@](O)(C1)O2. The average molecular weight is 228 g/mol. The van der Waals surface area contributed by atoms with Gasteiger partial charge in [-0.2, -0.15) is 0 Å². The van der Waals surface area contributed by atoms with E-state index in [0.717, 1.165) is 19.3 Å². The summed E-state index contributed by atoms with van der Waals surface area (Å²) in [6.45, 7) is 6.11. The summed E-state index contributed by atoms with van der Waals surface area (Å²) < 4.78 is 5.72. The number of hydrogen-bond donors (Lipinski definition) is 2. The fourth-order valence-electron chi connectivity index (χ4n) is 2.95. The smallest absolute Gasteiger partial charge is 0.168 e. The maximum Gasteiger partial charge on any atom is 0.168 e. The molecule has 94 valence electrons. The topological polar surface area (TPSA) is 49.7 Å². The van der Waals surface area contributed by atoms with Gasteiger partial charge in [0.1, 0.15) is 0 Å². The Morgan fingerprint density at radius 2 is 1.88 bits per heavy atom. The zero-order valence-corrected chi connectivity index (χ0v) is 10.6. The van der Waals surface area contributed by atoms with Gasteiger partial charge in [0.2, 0.25) is 0 Å². The first kappa shape index (κ1) is 12.3. The van der Waals surface area contributed by atoms with E-state index in [-0.39, 0.29) is 11.5 Å². The van der Waals surface area contributed by atoms with E-state index in [0.29, 0.717) is 19.3 Å². The molecule has 2 bridgehead atoms. The van der Waals surface area contributed by atoms with Gasteiger partial charge in [-0.25, -0.2) is 0 Å². The van der Waals surface area contributed by atoms with E-state index in [1.807, 2.05) is 20.8 Å². The first-order valence-electron chi connectivity index (χ1n) is 6.37. The molecule has 0 unspecified atom stereocenters. The zero-order valence-electron chi connectivity index (χ0n) is 10.6. The second kappa shape index (κ2) is 3.69. The predicted molar refractivity (Wildman–Crippen MR) is 61.9 cm³/mol. The van der Waals surface area contributed by atoms with Crippen LogP contribution in [0, 0.1) is 5.41 Å². The van der Waals surface area contributed by atoms with Crippen molar-refractivity contribution in [2.45, 2.75) is 76.8 Å². The van der Waals surface area contributed by atoms with E-state index in [9.17, 15) is 10.2 Å². The van der Waals surface area contributed by atoms with Crippen LogP contribution in [0.15, 0.2) is 0 Å².